The molecular weight excluding hydrogens is 323 g/mol. The highest BCUT2D eigenvalue weighted by Crippen LogP contribution is 2.21. The number of ether oxygens (including phenoxy) is 2. The first-order valence-electron chi connectivity index (χ1n) is 7.84. The fourth-order valence-electron chi connectivity index (χ4n) is 2.02. The minimum Gasteiger partial charge on any atom is -0.526 e. The van der Waals surface area contributed by atoms with Gasteiger partial charge in [0.25, 0.3) is 0 Å². The van der Waals surface area contributed by atoms with E-state index in [1.54, 1.807) is 62.4 Å². The molecule has 0 aliphatic rings. The number of hydrogen-bond donors (Lipinski definition) is 0. The van der Waals surface area contributed by atoms with Crippen LogP contribution >= 0.6 is 0 Å². The van der Waals surface area contributed by atoms with Crippen LogP contribution in [0.25, 0.3) is 0 Å². The van der Waals surface area contributed by atoms with Crippen LogP contribution in [0.3, 0.4) is 0 Å². The van der Waals surface area contributed by atoms with Crippen molar-refractivity contribution in [2.75, 3.05) is 13.2 Å². The molecule has 2 rings (SSSR count). The molecule has 0 atom stereocenters. The first-order valence-corrected chi connectivity index (χ1v) is 7.84. The molecule has 2 aromatic carbocycles. The van der Waals surface area contributed by atoms with Crippen LogP contribution in [0, 0.1) is 0 Å². The maximum atomic E-state index is 11.9. The maximum Gasteiger partial charge on any atom is 0.658 e. The Balaban J connectivity index is 2.05. The highest BCUT2D eigenvalue weighted by atomic mass is 16.6. The van der Waals surface area contributed by atoms with Crippen molar-refractivity contribution in [1.29, 1.82) is 0 Å². The third kappa shape index (κ3) is 5.01. The van der Waals surface area contributed by atoms with E-state index in [4.69, 9.17) is 18.8 Å². The summed E-state index contributed by atoms with van der Waals surface area (Å²) in [6.45, 7) is 3.98. The average molecular weight is 341 g/mol. The Hall–Kier alpha value is -2.96. The fourth-order valence-corrected chi connectivity index (χ4v) is 2.02. The molecule has 0 N–H and O–H groups in total. The molecular formula is C18H18BO6. The Labute approximate surface area is 147 Å². The molecule has 0 saturated heterocycles. The van der Waals surface area contributed by atoms with E-state index in [9.17, 15) is 9.59 Å². The third-order valence-electron chi connectivity index (χ3n) is 3.11. The van der Waals surface area contributed by atoms with Gasteiger partial charge in [0.05, 0.1) is 24.3 Å². The Bertz CT molecular complexity index is 670. The van der Waals surface area contributed by atoms with Crippen molar-refractivity contribution < 1.29 is 28.4 Å². The molecule has 0 aliphatic carbocycles. The second-order valence-electron chi connectivity index (χ2n) is 4.77. The van der Waals surface area contributed by atoms with Crippen LogP contribution < -0.4 is 9.31 Å². The second kappa shape index (κ2) is 9.37. The summed E-state index contributed by atoms with van der Waals surface area (Å²) in [5, 5.41) is 0. The molecule has 0 bridgehead atoms. The number of esters is 2. The SMILES string of the molecule is CCOC(=O)c1ccccc1O[B]Oc1ccccc1C(=O)OCC. The summed E-state index contributed by atoms with van der Waals surface area (Å²) < 4.78 is 20.8. The molecule has 0 aliphatic heterocycles. The standard InChI is InChI=1S/C18H18BO6/c1-3-22-17(20)13-9-5-7-11-15(13)24-19-25-16-12-8-6-10-14(16)18(21)23-4-2/h5-12H,3-4H2,1-2H3. The lowest BCUT2D eigenvalue weighted by molar-refractivity contribution is 0.0515. The monoisotopic (exact) mass is 341 g/mol. The summed E-state index contributed by atoms with van der Waals surface area (Å²) in [4.78, 5) is 23.8. The predicted molar refractivity (Wildman–Crippen MR) is 91.8 cm³/mol. The normalized spacial score (nSPS) is 9.84. The van der Waals surface area contributed by atoms with Crippen LogP contribution in [-0.4, -0.2) is 32.8 Å². The van der Waals surface area contributed by atoms with Crippen LogP contribution in [0.1, 0.15) is 34.6 Å². The smallest absolute Gasteiger partial charge is 0.526 e. The largest absolute Gasteiger partial charge is 0.658 e. The Kier molecular flexibility index (Phi) is 6.89. The van der Waals surface area contributed by atoms with Gasteiger partial charge in [-0.1, -0.05) is 24.3 Å². The first kappa shape index (κ1) is 18.4. The van der Waals surface area contributed by atoms with E-state index >= 15 is 0 Å². The lowest BCUT2D eigenvalue weighted by Crippen LogP contribution is -2.16. The molecule has 0 aromatic heterocycles. The van der Waals surface area contributed by atoms with Gasteiger partial charge in [0.1, 0.15) is 11.5 Å². The molecule has 0 unspecified atom stereocenters. The van der Waals surface area contributed by atoms with Gasteiger partial charge in [-0.2, -0.15) is 0 Å². The van der Waals surface area contributed by atoms with E-state index in [0.717, 1.165) is 7.69 Å². The zero-order valence-electron chi connectivity index (χ0n) is 14.1. The molecule has 2 aromatic rings. The van der Waals surface area contributed by atoms with E-state index in [2.05, 4.69) is 0 Å². The number of carbonyl (C=O) groups is 2. The van der Waals surface area contributed by atoms with Crippen molar-refractivity contribution in [2.24, 2.45) is 0 Å². The first-order chi connectivity index (χ1) is 12.2. The molecule has 0 spiro atoms. The third-order valence-corrected chi connectivity index (χ3v) is 3.11. The summed E-state index contributed by atoms with van der Waals surface area (Å²) in [6, 6.07) is 13.3. The Morgan fingerprint density at radius 2 is 1.16 bits per heavy atom. The average Bonchev–Trinajstić information content (AvgIpc) is 2.63. The Morgan fingerprint density at radius 3 is 1.56 bits per heavy atom. The summed E-state index contributed by atoms with van der Waals surface area (Å²) in [6.07, 6.45) is 0. The topological polar surface area (TPSA) is 71.1 Å². The number of carbonyl (C=O) groups excluding carboxylic acids is 2. The molecule has 1 radical (unpaired) electrons. The zero-order chi connectivity index (χ0) is 18.1. The Morgan fingerprint density at radius 1 is 0.760 bits per heavy atom. The van der Waals surface area contributed by atoms with Gasteiger partial charge in [-0.25, -0.2) is 9.59 Å². The summed E-state index contributed by atoms with van der Waals surface area (Å²) >= 11 is 0. The summed E-state index contributed by atoms with van der Waals surface area (Å²) in [5.74, 6) is -0.402. The molecule has 7 heteroatoms. The van der Waals surface area contributed by atoms with E-state index in [1.807, 2.05) is 0 Å². The maximum absolute atomic E-state index is 11.9. The molecule has 0 saturated carbocycles. The molecule has 0 amide bonds. The van der Waals surface area contributed by atoms with Crippen molar-refractivity contribution in [1.82, 2.24) is 0 Å². The van der Waals surface area contributed by atoms with E-state index in [1.165, 1.54) is 0 Å². The van der Waals surface area contributed by atoms with E-state index < -0.39 is 11.9 Å². The highest BCUT2D eigenvalue weighted by Gasteiger charge is 2.17. The predicted octanol–water partition coefficient (Wildman–Crippen LogP) is 3.03. The van der Waals surface area contributed by atoms with Crippen molar-refractivity contribution in [3.8, 4) is 11.5 Å². The molecule has 129 valence electrons. The van der Waals surface area contributed by atoms with Crippen LogP contribution in [0.5, 0.6) is 11.5 Å². The molecule has 25 heavy (non-hydrogen) atoms. The molecule has 0 fully saturated rings. The van der Waals surface area contributed by atoms with Gasteiger partial charge in [-0.15, -0.1) is 0 Å². The van der Waals surface area contributed by atoms with Crippen LogP contribution in [0.15, 0.2) is 48.5 Å². The van der Waals surface area contributed by atoms with Gasteiger partial charge >= 0.3 is 19.6 Å². The second-order valence-corrected chi connectivity index (χ2v) is 4.77. The van der Waals surface area contributed by atoms with Crippen molar-refractivity contribution in [2.45, 2.75) is 13.8 Å². The quantitative estimate of drug-likeness (QED) is 0.543. The van der Waals surface area contributed by atoms with Crippen molar-refractivity contribution >= 4 is 19.6 Å². The fraction of sp³-hybridized carbons (Fsp3) is 0.222. The number of hydrogen-bond acceptors (Lipinski definition) is 6. The van der Waals surface area contributed by atoms with Gasteiger partial charge < -0.3 is 18.8 Å². The number of benzene rings is 2. The van der Waals surface area contributed by atoms with Crippen molar-refractivity contribution in [3.63, 3.8) is 0 Å². The summed E-state index contributed by atoms with van der Waals surface area (Å²) in [5.41, 5.74) is 0.561. The van der Waals surface area contributed by atoms with E-state index in [-0.39, 0.29) is 35.8 Å². The molecule has 6 nitrogen and oxygen atoms in total. The van der Waals surface area contributed by atoms with E-state index in [0.29, 0.717) is 0 Å². The van der Waals surface area contributed by atoms with Crippen LogP contribution in [0.2, 0.25) is 0 Å². The number of rotatable bonds is 8. The van der Waals surface area contributed by atoms with Crippen molar-refractivity contribution in [3.05, 3.63) is 59.7 Å². The highest BCUT2D eigenvalue weighted by molar-refractivity contribution is 6.21. The summed E-state index contributed by atoms with van der Waals surface area (Å²) in [7, 11) is 1.05. The number of para-hydroxylation sites is 2. The van der Waals surface area contributed by atoms with Gasteiger partial charge in [-0.05, 0) is 38.1 Å². The lowest BCUT2D eigenvalue weighted by Gasteiger charge is -2.12. The minimum absolute atomic E-state index is 0.264. The van der Waals surface area contributed by atoms with Gasteiger partial charge in [-0.3, -0.25) is 0 Å². The van der Waals surface area contributed by atoms with Crippen LogP contribution in [0.4, 0.5) is 0 Å². The minimum atomic E-state index is -0.488. The van der Waals surface area contributed by atoms with Gasteiger partial charge in [0.2, 0.25) is 0 Å². The lowest BCUT2D eigenvalue weighted by atomic mass is 10.1. The van der Waals surface area contributed by atoms with Gasteiger partial charge in [0, 0.05) is 0 Å². The van der Waals surface area contributed by atoms with Gasteiger partial charge in [0.15, 0.2) is 0 Å². The van der Waals surface area contributed by atoms with Crippen LogP contribution in [-0.2, 0) is 9.47 Å². The molecule has 0 heterocycles. The zero-order valence-corrected chi connectivity index (χ0v) is 14.1.